The van der Waals surface area contributed by atoms with Gasteiger partial charge < -0.3 is 4.57 Å². The highest BCUT2D eigenvalue weighted by molar-refractivity contribution is 5.82. The van der Waals surface area contributed by atoms with E-state index in [1.165, 1.54) is 16.6 Å². The summed E-state index contributed by atoms with van der Waals surface area (Å²) in [7, 11) is 1.80. The lowest BCUT2D eigenvalue weighted by atomic mass is 10.0. The van der Waals surface area contributed by atoms with E-state index in [2.05, 4.69) is 5.10 Å². The minimum atomic E-state index is -4.41. The summed E-state index contributed by atoms with van der Waals surface area (Å²) in [5.74, 6) is 0. The van der Waals surface area contributed by atoms with Gasteiger partial charge in [-0.1, -0.05) is 42.0 Å². The normalized spacial score (nSPS) is 12.0. The van der Waals surface area contributed by atoms with Gasteiger partial charge in [-0.25, -0.2) is 0 Å². The Labute approximate surface area is 171 Å². The van der Waals surface area contributed by atoms with E-state index in [1.807, 2.05) is 42.7 Å². The molecular weight excluding hydrogens is 391 g/mol. The van der Waals surface area contributed by atoms with Gasteiger partial charge in [0.25, 0.3) is 5.56 Å². The van der Waals surface area contributed by atoms with Gasteiger partial charge in [0.2, 0.25) is 0 Å². The largest absolute Gasteiger partial charge is 0.416 e. The number of fused-ring (bicyclic) bond motifs is 1. The lowest BCUT2D eigenvalue weighted by molar-refractivity contribution is -0.137. The van der Waals surface area contributed by atoms with Crippen LogP contribution in [0, 0.1) is 20.8 Å². The number of aromatic nitrogens is 3. The molecule has 0 N–H and O–H groups in total. The van der Waals surface area contributed by atoms with Gasteiger partial charge in [-0.3, -0.25) is 4.79 Å². The maximum absolute atomic E-state index is 13.1. The molecule has 0 radical (unpaired) electrons. The van der Waals surface area contributed by atoms with Crippen molar-refractivity contribution in [3.05, 3.63) is 81.3 Å². The number of hydrogen-bond acceptors (Lipinski definition) is 2. The molecule has 0 spiro atoms. The van der Waals surface area contributed by atoms with Crippen LogP contribution in [-0.2, 0) is 13.2 Å². The third-order valence-electron chi connectivity index (χ3n) is 5.38. The molecule has 0 amide bonds. The Morgan fingerprint density at radius 2 is 1.43 bits per heavy atom. The zero-order valence-electron chi connectivity index (χ0n) is 17.0. The van der Waals surface area contributed by atoms with Crippen LogP contribution >= 0.6 is 0 Å². The summed E-state index contributed by atoms with van der Waals surface area (Å²) in [5, 5.41) is 4.45. The SMILES string of the molecule is Cc1ccc(-c2c(C)nn3c(=O)c(C)c(-c4ccc(C(F)(F)F)cc4)n(C)c23)cc1. The van der Waals surface area contributed by atoms with Crippen LogP contribution < -0.4 is 5.56 Å². The summed E-state index contributed by atoms with van der Waals surface area (Å²) in [4.78, 5) is 13.1. The van der Waals surface area contributed by atoms with Crippen molar-refractivity contribution in [3.63, 3.8) is 0 Å². The smallest absolute Gasteiger partial charge is 0.328 e. The van der Waals surface area contributed by atoms with E-state index in [9.17, 15) is 18.0 Å². The van der Waals surface area contributed by atoms with Crippen molar-refractivity contribution in [3.8, 4) is 22.4 Å². The highest BCUT2D eigenvalue weighted by atomic mass is 19.4. The van der Waals surface area contributed by atoms with Gasteiger partial charge in [-0.2, -0.15) is 22.8 Å². The molecule has 2 aromatic heterocycles. The minimum Gasteiger partial charge on any atom is -0.328 e. The molecule has 154 valence electrons. The first-order valence-electron chi connectivity index (χ1n) is 9.43. The second-order valence-electron chi connectivity index (χ2n) is 7.47. The summed E-state index contributed by atoms with van der Waals surface area (Å²) < 4.78 is 42.1. The Kier molecular flexibility index (Phi) is 4.56. The van der Waals surface area contributed by atoms with Crippen LogP contribution in [0.5, 0.6) is 0 Å². The molecule has 30 heavy (non-hydrogen) atoms. The van der Waals surface area contributed by atoms with E-state index >= 15 is 0 Å². The highest BCUT2D eigenvalue weighted by Crippen LogP contribution is 2.33. The molecule has 0 bridgehead atoms. The van der Waals surface area contributed by atoms with E-state index in [-0.39, 0.29) is 5.56 Å². The van der Waals surface area contributed by atoms with Crippen LogP contribution in [-0.4, -0.2) is 14.2 Å². The minimum absolute atomic E-state index is 0.292. The molecular formula is C23H20F3N3O. The van der Waals surface area contributed by atoms with Crippen LogP contribution in [0.1, 0.15) is 22.4 Å². The first kappa shape index (κ1) is 19.9. The molecule has 2 heterocycles. The molecule has 0 aliphatic heterocycles. The fraction of sp³-hybridized carbons (Fsp3) is 0.217. The zero-order chi connectivity index (χ0) is 21.8. The predicted octanol–water partition coefficient (Wildman–Crippen LogP) is 5.31. The number of rotatable bonds is 2. The Balaban J connectivity index is 2.01. The van der Waals surface area contributed by atoms with Crippen LogP contribution in [0.25, 0.3) is 28.0 Å². The van der Waals surface area contributed by atoms with Gasteiger partial charge in [0, 0.05) is 18.2 Å². The lowest BCUT2D eigenvalue weighted by Gasteiger charge is -2.16. The second kappa shape index (κ2) is 6.86. The van der Waals surface area contributed by atoms with Crippen LogP contribution in [0.15, 0.2) is 53.3 Å². The molecule has 0 atom stereocenters. The lowest BCUT2D eigenvalue weighted by Crippen LogP contribution is -2.22. The van der Waals surface area contributed by atoms with Gasteiger partial charge in [0.15, 0.2) is 0 Å². The number of aryl methyl sites for hydroxylation is 3. The predicted molar refractivity (Wildman–Crippen MR) is 111 cm³/mol. The molecule has 7 heteroatoms. The fourth-order valence-corrected chi connectivity index (χ4v) is 3.87. The van der Waals surface area contributed by atoms with Gasteiger partial charge in [0.1, 0.15) is 5.65 Å². The van der Waals surface area contributed by atoms with E-state index in [4.69, 9.17) is 0 Å². The first-order chi connectivity index (χ1) is 14.1. The molecule has 0 saturated heterocycles. The van der Waals surface area contributed by atoms with Crippen molar-refractivity contribution in [2.75, 3.05) is 0 Å². The maximum Gasteiger partial charge on any atom is 0.416 e. The quantitative estimate of drug-likeness (QED) is 0.448. The first-order valence-corrected chi connectivity index (χ1v) is 9.43. The standard InChI is InChI=1S/C23H20F3N3O/c1-13-5-7-16(8-6-13)19-15(3)27-29-21(19)28(4)20(14(2)22(29)30)17-9-11-18(12-10-17)23(24,25)26/h5-12H,1-4H3. The van der Waals surface area contributed by atoms with Gasteiger partial charge >= 0.3 is 6.18 Å². The highest BCUT2D eigenvalue weighted by Gasteiger charge is 2.30. The average molecular weight is 411 g/mol. The summed E-state index contributed by atoms with van der Waals surface area (Å²) in [6.07, 6.45) is -4.41. The summed E-state index contributed by atoms with van der Waals surface area (Å²) in [5.41, 5.74) is 4.66. The van der Waals surface area contributed by atoms with E-state index < -0.39 is 11.7 Å². The fourth-order valence-electron chi connectivity index (χ4n) is 3.87. The second-order valence-corrected chi connectivity index (χ2v) is 7.47. The monoisotopic (exact) mass is 411 g/mol. The van der Waals surface area contributed by atoms with Crippen molar-refractivity contribution < 1.29 is 13.2 Å². The maximum atomic E-state index is 13.1. The molecule has 4 aromatic rings. The van der Waals surface area contributed by atoms with Gasteiger partial charge in [-0.15, -0.1) is 0 Å². The molecule has 0 aliphatic carbocycles. The Morgan fingerprint density at radius 1 is 0.867 bits per heavy atom. The van der Waals surface area contributed by atoms with Crippen molar-refractivity contribution in [2.45, 2.75) is 26.9 Å². The van der Waals surface area contributed by atoms with Crippen molar-refractivity contribution in [2.24, 2.45) is 7.05 Å². The molecule has 2 aromatic carbocycles. The summed E-state index contributed by atoms with van der Waals surface area (Å²) >= 11 is 0. The molecule has 0 fully saturated rings. The van der Waals surface area contributed by atoms with E-state index in [1.54, 1.807) is 14.0 Å². The Hall–Kier alpha value is -3.35. The molecule has 4 nitrogen and oxygen atoms in total. The third-order valence-corrected chi connectivity index (χ3v) is 5.38. The van der Waals surface area contributed by atoms with Gasteiger partial charge in [0.05, 0.1) is 17.0 Å². The van der Waals surface area contributed by atoms with E-state index in [0.29, 0.717) is 28.2 Å². The van der Waals surface area contributed by atoms with Crippen LogP contribution in [0.4, 0.5) is 13.2 Å². The van der Waals surface area contributed by atoms with E-state index in [0.717, 1.165) is 28.8 Å². The number of alkyl halides is 3. The van der Waals surface area contributed by atoms with Crippen LogP contribution in [0.2, 0.25) is 0 Å². The third kappa shape index (κ3) is 3.10. The van der Waals surface area contributed by atoms with Crippen LogP contribution in [0.3, 0.4) is 0 Å². The average Bonchev–Trinajstić information content (AvgIpc) is 3.04. The molecule has 4 rings (SSSR count). The number of nitrogens with zero attached hydrogens (tertiary/aromatic N) is 3. The number of benzene rings is 2. The van der Waals surface area contributed by atoms with Crippen molar-refractivity contribution in [1.82, 2.24) is 14.2 Å². The molecule has 0 aliphatic rings. The molecule has 0 saturated carbocycles. The summed E-state index contributed by atoms with van der Waals surface area (Å²) in [6, 6.07) is 12.8. The Bertz CT molecular complexity index is 1310. The summed E-state index contributed by atoms with van der Waals surface area (Å²) in [6.45, 7) is 5.50. The molecule has 0 unspecified atom stereocenters. The topological polar surface area (TPSA) is 39.3 Å². The van der Waals surface area contributed by atoms with Gasteiger partial charge in [-0.05, 0) is 44.0 Å². The Morgan fingerprint density at radius 3 is 2.00 bits per heavy atom. The van der Waals surface area contributed by atoms with Crippen molar-refractivity contribution >= 4 is 5.65 Å². The number of hydrogen-bond donors (Lipinski definition) is 0. The van der Waals surface area contributed by atoms with Crippen molar-refractivity contribution in [1.29, 1.82) is 0 Å². The number of halogens is 3. The zero-order valence-corrected chi connectivity index (χ0v) is 17.0.